The molecule has 0 bridgehead atoms. The van der Waals surface area contributed by atoms with Crippen molar-refractivity contribution in [1.29, 1.82) is 0 Å². The SMILES string of the molecule is CC1CCNC1CN1CCC2(CCCCC2)CC1. The van der Waals surface area contributed by atoms with Crippen molar-refractivity contribution in [2.75, 3.05) is 26.2 Å². The quantitative estimate of drug-likeness (QED) is 0.810. The third-order valence-corrected chi connectivity index (χ3v) is 5.98. The lowest BCUT2D eigenvalue weighted by Gasteiger charge is -2.45. The summed E-state index contributed by atoms with van der Waals surface area (Å²) in [6.45, 7) is 7.69. The van der Waals surface area contributed by atoms with Crippen LogP contribution < -0.4 is 5.32 Å². The predicted molar refractivity (Wildman–Crippen MR) is 76.8 cm³/mol. The molecule has 0 radical (unpaired) electrons. The number of nitrogens with one attached hydrogen (secondary N) is 1. The number of likely N-dealkylation sites (tertiary alicyclic amines) is 1. The van der Waals surface area contributed by atoms with Gasteiger partial charge in [0.2, 0.25) is 0 Å². The average molecular weight is 250 g/mol. The number of rotatable bonds is 2. The monoisotopic (exact) mass is 250 g/mol. The van der Waals surface area contributed by atoms with E-state index in [1.165, 1.54) is 77.5 Å². The van der Waals surface area contributed by atoms with Gasteiger partial charge in [-0.3, -0.25) is 0 Å². The topological polar surface area (TPSA) is 15.3 Å². The summed E-state index contributed by atoms with van der Waals surface area (Å²) < 4.78 is 0. The molecule has 1 aliphatic carbocycles. The van der Waals surface area contributed by atoms with Gasteiger partial charge in [0.1, 0.15) is 0 Å². The zero-order valence-electron chi connectivity index (χ0n) is 12.1. The maximum Gasteiger partial charge on any atom is 0.0221 e. The van der Waals surface area contributed by atoms with E-state index in [1.54, 1.807) is 0 Å². The van der Waals surface area contributed by atoms with Gasteiger partial charge >= 0.3 is 0 Å². The van der Waals surface area contributed by atoms with E-state index in [2.05, 4.69) is 17.1 Å². The number of hydrogen-bond donors (Lipinski definition) is 1. The molecule has 2 atom stereocenters. The molecule has 2 heterocycles. The Morgan fingerprint density at radius 2 is 1.78 bits per heavy atom. The second kappa shape index (κ2) is 5.50. The fourth-order valence-corrected chi connectivity index (χ4v) is 4.43. The zero-order valence-corrected chi connectivity index (χ0v) is 12.1. The Morgan fingerprint density at radius 1 is 1.06 bits per heavy atom. The van der Waals surface area contributed by atoms with Crippen molar-refractivity contribution in [3.05, 3.63) is 0 Å². The minimum absolute atomic E-state index is 0.767. The molecule has 3 aliphatic rings. The van der Waals surface area contributed by atoms with E-state index in [0.29, 0.717) is 0 Å². The van der Waals surface area contributed by atoms with E-state index in [4.69, 9.17) is 0 Å². The van der Waals surface area contributed by atoms with E-state index in [0.717, 1.165) is 17.4 Å². The smallest absolute Gasteiger partial charge is 0.0221 e. The summed E-state index contributed by atoms with van der Waals surface area (Å²) in [7, 11) is 0. The molecular weight excluding hydrogens is 220 g/mol. The summed E-state index contributed by atoms with van der Waals surface area (Å²) in [5, 5.41) is 3.68. The van der Waals surface area contributed by atoms with Crippen LogP contribution in [0.5, 0.6) is 0 Å². The molecule has 2 unspecified atom stereocenters. The van der Waals surface area contributed by atoms with Crippen molar-refractivity contribution in [2.45, 2.75) is 64.3 Å². The Kier molecular flexibility index (Phi) is 3.95. The van der Waals surface area contributed by atoms with E-state index >= 15 is 0 Å². The minimum Gasteiger partial charge on any atom is -0.312 e. The first kappa shape index (κ1) is 12.9. The maximum absolute atomic E-state index is 3.68. The molecule has 1 N–H and O–H groups in total. The van der Waals surface area contributed by atoms with Crippen LogP contribution in [0.3, 0.4) is 0 Å². The first-order valence-corrected chi connectivity index (χ1v) is 8.23. The molecule has 0 aromatic carbocycles. The molecule has 2 nitrogen and oxygen atoms in total. The van der Waals surface area contributed by atoms with Crippen molar-refractivity contribution in [1.82, 2.24) is 10.2 Å². The number of hydrogen-bond acceptors (Lipinski definition) is 2. The molecule has 0 aromatic heterocycles. The third-order valence-electron chi connectivity index (χ3n) is 5.98. The lowest BCUT2D eigenvalue weighted by Crippen LogP contribution is -2.46. The van der Waals surface area contributed by atoms with Gasteiger partial charge in [0, 0.05) is 12.6 Å². The Morgan fingerprint density at radius 3 is 2.39 bits per heavy atom. The van der Waals surface area contributed by atoms with Gasteiger partial charge in [-0.25, -0.2) is 0 Å². The first-order valence-electron chi connectivity index (χ1n) is 8.23. The Hall–Kier alpha value is -0.0800. The molecule has 1 saturated carbocycles. The summed E-state index contributed by atoms with van der Waals surface area (Å²) in [6, 6.07) is 0.769. The fraction of sp³-hybridized carbons (Fsp3) is 1.00. The van der Waals surface area contributed by atoms with Crippen molar-refractivity contribution in [2.24, 2.45) is 11.3 Å². The highest BCUT2D eigenvalue weighted by Gasteiger charge is 2.36. The van der Waals surface area contributed by atoms with E-state index in [1.807, 2.05) is 0 Å². The van der Waals surface area contributed by atoms with Crippen molar-refractivity contribution >= 4 is 0 Å². The lowest BCUT2D eigenvalue weighted by atomic mass is 9.68. The van der Waals surface area contributed by atoms with Gasteiger partial charge in [-0.1, -0.05) is 26.2 Å². The normalized spacial score (nSPS) is 37.2. The first-order chi connectivity index (χ1) is 8.77. The van der Waals surface area contributed by atoms with Crippen LogP contribution in [0.25, 0.3) is 0 Å². The van der Waals surface area contributed by atoms with Crippen LogP contribution in [0.2, 0.25) is 0 Å². The highest BCUT2D eigenvalue weighted by atomic mass is 15.2. The van der Waals surface area contributed by atoms with Crippen molar-refractivity contribution < 1.29 is 0 Å². The molecule has 3 fully saturated rings. The van der Waals surface area contributed by atoms with E-state index in [9.17, 15) is 0 Å². The molecule has 3 rings (SSSR count). The second-order valence-corrected chi connectivity index (χ2v) is 7.19. The Bertz CT molecular complexity index is 260. The van der Waals surface area contributed by atoms with Crippen molar-refractivity contribution in [3.63, 3.8) is 0 Å². The van der Waals surface area contributed by atoms with Crippen LogP contribution in [-0.2, 0) is 0 Å². The standard InChI is InChI=1S/C16H30N2/c1-14-5-10-17-15(14)13-18-11-8-16(9-12-18)6-3-2-4-7-16/h14-15,17H,2-13H2,1H3. The molecule has 0 aromatic rings. The molecule has 104 valence electrons. The largest absolute Gasteiger partial charge is 0.312 e. The van der Waals surface area contributed by atoms with E-state index < -0.39 is 0 Å². The molecule has 2 heteroatoms. The Balaban J connectivity index is 1.47. The summed E-state index contributed by atoms with van der Waals surface area (Å²) in [5.41, 5.74) is 0.767. The van der Waals surface area contributed by atoms with Crippen LogP contribution in [0.15, 0.2) is 0 Å². The van der Waals surface area contributed by atoms with Gasteiger partial charge in [0.15, 0.2) is 0 Å². The lowest BCUT2D eigenvalue weighted by molar-refractivity contribution is 0.0618. The van der Waals surface area contributed by atoms with Gasteiger partial charge in [-0.15, -0.1) is 0 Å². The van der Waals surface area contributed by atoms with Crippen LogP contribution >= 0.6 is 0 Å². The summed E-state index contributed by atoms with van der Waals surface area (Å²) in [6.07, 6.45) is 11.9. The highest BCUT2D eigenvalue weighted by Crippen LogP contribution is 2.44. The number of piperidine rings is 1. The van der Waals surface area contributed by atoms with Gasteiger partial charge in [-0.05, 0) is 63.1 Å². The summed E-state index contributed by atoms with van der Waals surface area (Å²) >= 11 is 0. The molecular formula is C16H30N2. The highest BCUT2D eigenvalue weighted by molar-refractivity contribution is 4.90. The number of nitrogens with zero attached hydrogens (tertiary/aromatic N) is 1. The van der Waals surface area contributed by atoms with Crippen molar-refractivity contribution in [3.8, 4) is 0 Å². The summed E-state index contributed by atoms with van der Waals surface area (Å²) in [4.78, 5) is 2.74. The molecule has 2 saturated heterocycles. The predicted octanol–water partition coefficient (Wildman–Crippen LogP) is 3.03. The van der Waals surface area contributed by atoms with Gasteiger partial charge in [-0.2, -0.15) is 0 Å². The van der Waals surface area contributed by atoms with Gasteiger partial charge in [0.05, 0.1) is 0 Å². The van der Waals surface area contributed by atoms with Gasteiger partial charge in [0.25, 0.3) is 0 Å². The van der Waals surface area contributed by atoms with Crippen LogP contribution in [0.4, 0.5) is 0 Å². The van der Waals surface area contributed by atoms with E-state index in [-0.39, 0.29) is 0 Å². The van der Waals surface area contributed by atoms with Gasteiger partial charge < -0.3 is 10.2 Å². The molecule has 18 heavy (non-hydrogen) atoms. The zero-order chi connectivity index (χ0) is 12.4. The Labute approximate surface area is 113 Å². The fourth-order valence-electron chi connectivity index (χ4n) is 4.43. The van der Waals surface area contributed by atoms with Crippen LogP contribution in [0.1, 0.15) is 58.3 Å². The molecule has 1 spiro atoms. The van der Waals surface area contributed by atoms with Crippen LogP contribution in [0, 0.1) is 11.3 Å². The average Bonchev–Trinajstić information content (AvgIpc) is 2.79. The second-order valence-electron chi connectivity index (χ2n) is 7.19. The minimum atomic E-state index is 0.767. The summed E-state index contributed by atoms with van der Waals surface area (Å²) in [5.74, 6) is 0.885. The molecule has 0 amide bonds. The third kappa shape index (κ3) is 2.75. The maximum atomic E-state index is 3.68. The van der Waals surface area contributed by atoms with Crippen LogP contribution in [-0.4, -0.2) is 37.1 Å². The molecule has 2 aliphatic heterocycles.